The summed E-state index contributed by atoms with van der Waals surface area (Å²) in [6.45, 7) is 1.23. The molecule has 8 heteroatoms. The number of nitrogens with zero attached hydrogens (tertiary/aromatic N) is 3. The van der Waals surface area contributed by atoms with Crippen LogP contribution in [0.4, 0.5) is 13.5 Å². The van der Waals surface area contributed by atoms with Gasteiger partial charge in [0.15, 0.2) is 0 Å². The van der Waals surface area contributed by atoms with Gasteiger partial charge in [0.1, 0.15) is 18.8 Å². The predicted molar refractivity (Wildman–Crippen MR) is 108 cm³/mol. The summed E-state index contributed by atoms with van der Waals surface area (Å²) in [6.07, 6.45) is 5.03. The van der Waals surface area contributed by atoms with Crippen molar-refractivity contribution >= 4 is 17.8 Å². The van der Waals surface area contributed by atoms with Crippen molar-refractivity contribution in [3.63, 3.8) is 0 Å². The number of aryl methyl sites for hydroxylation is 1. The Labute approximate surface area is 171 Å². The number of hydrogen-bond acceptors (Lipinski definition) is 4. The number of alkyl halides is 1. The van der Waals surface area contributed by atoms with Gasteiger partial charge in [0.25, 0.3) is 0 Å². The lowest BCUT2D eigenvalue weighted by atomic mass is 9.93. The first kappa shape index (κ1) is 22.5. The van der Waals surface area contributed by atoms with Gasteiger partial charge in [0, 0.05) is 50.1 Å². The van der Waals surface area contributed by atoms with Crippen molar-refractivity contribution in [2.45, 2.75) is 19.1 Å². The molecule has 2 aromatic heterocycles. The Kier molecular flexibility index (Phi) is 8.76. The molecule has 0 saturated carbocycles. The molecule has 0 aliphatic carbocycles. The molecule has 1 aromatic carbocycles. The van der Waals surface area contributed by atoms with Crippen molar-refractivity contribution in [1.82, 2.24) is 9.97 Å². The molecule has 0 aliphatic rings. The summed E-state index contributed by atoms with van der Waals surface area (Å²) < 4.78 is 28.7. The van der Waals surface area contributed by atoms with Crippen LogP contribution in [0.2, 0.25) is 5.02 Å². The lowest BCUT2D eigenvalue weighted by molar-refractivity contribution is 0.108. The maximum Gasteiger partial charge on any atom is 0.124 e. The van der Waals surface area contributed by atoms with Crippen molar-refractivity contribution < 1.29 is 18.6 Å². The third-order valence-corrected chi connectivity index (χ3v) is 4.35. The largest absolute Gasteiger partial charge is 0.386 e. The van der Waals surface area contributed by atoms with E-state index in [-0.39, 0.29) is 0 Å². The standard InChI is InChI=1S/C21H19ClFN3O.F2/c1-14-10-16(12-17(22)11-14)19-18(5-3-8-25-19)21(27)20(26-9-6-23)15-4-2-7-24-13-15;1-2/h2-5,7-13,20-21,27H,6H2,1H3;/t20-,21+;/m0./s1. The number of aliphatic hydroxyl groups excluding tert-OH is 1. The van der Waals surface area contributed by atoms with Crippen molar-refractivity contribution in [1.29, 1.82) is 0 Å². The van der Waals surface area contributed by atoms with E-state index in [4.69, 9.17) is 20.7 Å². The molecule has 0 saturated heterocycles. The van der Waals surface area contributed by atoms with Gasteiger partial charge < -0.3 is 5.11 Å². The zero-order chi connectivity index (χ0) is 21.2. The van der Waals surface area contributed by atoms with E-state index < -0.39 is 18.8 Å². The zero-order valence-corrected chi connectivity index (χ0v) is 16.3. The molecule has 3 aromatic rings. The number of aliphatic hydroxyl groups is 1. The summed E-state index contributed by atoms with van der Waals surface area (Å²) >= 11 is 6.20. The highest BCUT2D eigenvalue weighted by Crippen LogP contribution is 2.36. The predicted octanol–water partition coefficient (Wildman–Crippen LogP) is 5.76. The molecular weight excluding hydrogens is 403 g/mol. The lowest BCUT2D eigenvalue weighted by Gasteiger charge is -2.22. The third-order valence-electron chi connectivity index (χ3n) is 4.13. The molecule has 1 N–H and O–H groups in total. The molecule has 0 radical (unpaired) electrons. The van der Waals surface area contributed by atoms with E-state index in [0.717, 1.165) is 17.3 Å². The normalized spacial score (nSPS) is 12.9. The van der Waals surface area contributed by atoms with E-state index in [2.05, 4.69) is 15.0 Å². The minimum Gasteiger partial charge on any atom is -0.386 e. The SMILES string of the molecule is Cc1cc(Cl)cc(-c2ncccc2[C@@H](O)[C@@H](N=CCF)c2cccnc2)c1.FF. The first-order valence-electron chi connectivity index (χ1n) is 8.62. The Morgan fingerprint density at radius 2 is 1.93 bits per heavy atom. The fourth-order valence-corrected chi connectivity index (χ4v) is 3.28. The molecule has 152 valence electrons. The van der Waals surface area contributed by atoms with E-state index in [1.807, 2.05) is 19.1 Å². The molecule has 0 amide bonds. The molecule has 3 rings (SSSR count). The molecule has 0 aliphatic heterocycles. The Morgan fingerprint density at radius 1 is 1.17 bits per heavy atom. The van der Waals surface area contributed by atoms with Crippen LogP contribution in [0.15, 0.2) is 66.0 Å². The van der Waals surface area contributed by atoms with Crippen molar-refractivity contribution in [2.24, 2.45) is 4.99 Å². The second-order valence-electron chi connectivity index (χ2n) is 6.12. The maximum absolute atomic E-state index is 12.7. The van der Waals surface area contributed by atoms with Gasteiger partial charge in [-0.1, -0.05) is 23.7 Å². The topological polar surface area (TPSA) is 58.4 Å². The number of pyridine rings is 2. The van der Waals surface area contributed by atoms with Crippen LogP contribution < -0.4 is 0 Å². The Balaban J connectivity index is 0.00000145. The van der Waals surface area contributed by atoms with E-state index >= 15 is 0 Å². The fraction of sp³-hybridized carbons (Fsp3) is 0.190. The van der Waals surface area contributed by atoms with Crippen molar-refractivity contribution in [3.8, 4) is 11.3 Å². The molecular formula is C21H19ClF3N3O. The summed E-state index contributed by atoms with van der Waals surface area (Å²) in [5.41, 5.74) is 3.67. The summed E-state index contributed by atoms with van der Waals surface area (Å²) in [4.78, 5) is 12.7. The first-order valence-corrected chi connectivity index (χ1v) is 9.00. The molecule has 29 heavy (non-hydrogen) atoms. The number of rotatable bonds is 6. The van der Waals surface area contributed by atoms with Crippen LogP contribution in [0.25, 0.3) is 11.3 Å². The van der Waals surface area contributed by atoms with Crippen LogP contribution in [-0.4, -0.2) is 28.0 Å². The van der Waals surface area contributed by atoms with Gasteiger partial charge in [-0.3, -0.25) is 15.0 Å². The maximum atomic E-state index is 12.7. The summed E-state index contributed by atoms with van der Waals surface area (Å²) in [6, 6.07) is 12.0. The summed E-state index contributed by atoms with van der Waals surface area (Å²) in [7, 11) is 0. The second kappa shape index (κ2) is 11.3. The Morgan fingerprint density at radius 3 is 2.59 bits per heavy atom. The van der Waals surface area contributed by atoms with E-state index in [1.54, 1.807) is 48.9 Å². The molecule has 2 heterocycles. The molecule has 2 atom stereocenters. The third kappa shape index (κ3) is 5.85. The van der Waals surface area contributed by atoms with Gasteiger partial charge in [-0.2, -0.15) is 0 Å². The van der Waals surface area contributed by atoms with Gasteiger partial charge in [-0.15, -0.1) is 0 Å². The van der Waals surface area contributed by atoms with Crippen LogP contribution in [0.3, 0.4) is 0 Å². The smallest absolute Gasteiger partial charge is 0.124 e. The zero-order valence-electron chi connectivity index (χ0n) is 15.5. The Hall–Kier alpha value is -2.77. The monoisotopic (exact) mass is 421 g/mol. The number of halogens is 4. The average molecular weight is 422 g/mol. The fourth-order valence-electron chi connectivity index (χ4n) is 2.99. The van der Waals surface area contributed by atoms with Crippen molar-refractivity contribution in [3.05, 3.63) is 82.8 Å². The van der Waals surface area contributed by atoms with Gasteiger partial charge in [0.05, 0.1) is 5.69 Å². The Bertz CT molecular complexity index is 921. The van der Waals surface area contributed by atoms with Crippen LogP contribution in [0.5, 0.6) is 0 Å². The van der Waals surface area contributed by atoms with Gasteiger partial charge >= 0.3 is 0 Å². The highest BCUT2D eigenvalue weighted by atomic mass is 35.5. The van der Waals surface area contributed by atoms with Gasteiger partial charge in [-0.05, 0) is 48.4 Å². The minimum atomic E-state index is -1.03. The van der Waals surface area contributed by atoms with Crippen LogP contribution in [-0.2, 0) is 0 Å². The molecule has 4 nitrogen and oxygen atoms in total. The first-order chi connectivity index (χ1) is 14.1. The minimum absolute atomic E-state index is 0.587. The van der Waals surface area contributed by atoms with Crippen LogP contribution in [0, 0.1) is 6.92 Å². The van der Waals surface area contributed by atoms with Crippen molar-refractivity contribution in [2.75, 3.05) is 6.67 Å². The summed E-state index contributed by atoms with van der Waals surface area (Å²) in [5.74, 6) is 0. The average Bonchev–Trinajstić information content (AvgIpc) is 2.75. The highest BCUT2D eigenvalue weighted by molar-refractivity contribution is 6.30. The van der Waals surface area contributed by atoms with E-state index in [0.29, 0.717) is 21.8 Å². The molecule has 0 bridgehead atoms. The number of aliphatic imine (C=N–C) groups is 1. The summed E-state index contributed by atoms with van der Waals surface area (Å²) in [5, 5.41) is 11.7. The quantitative estimate of drug-likeness (QED) is 0.515. The number of hydrogen-bond donors (Lipinski definition) is 1. The second-order valence-corrected chi connectivity index (χ2v) is 6.56. The van der Waals surface area contributed by atoms with Crippen LogP contribution in [0.1, 0.15) is 28.8 Å². The number of benzene rings is 1. The van der Waals surface area contributed by atoms with Gasteiger partial charge in [-0.25, -0.2) is 4.39 Å². The van der Waals surface area contributed by atoms with E-state index in [9.17, 15) is 9.50 Å². The molecule has 0 unspecified atom stereocenters. The lowest BCUT2D eigenvalue weighted by Crippen LogP contribution is -2.12. The van der Waals surface area contributed by atoms with Crippen LogP contribution >= 0.6 is 11.6 Å². The highest BCUT2D eigenvalue weighted by Gasteiger charge is 2.25. The number of aromatic nitrogens is 2. The molecule has 0 spiro atoms. The molecule has 0 fully saturated rings. The van der Waals surface area contributed by atoms with E-state index in [1.165, 1.54) is 0 Å². The van der Waals surface area contributed by atoms with Gasteiger partial charge in [0.2, 0.25) is 0 Å².